The Morgan fingerprint density at radius 1 is 1.00 bits per heavy atom. The largest absolute Gasteiger partial charge is 0.327 e. The molecule has 0 aromatic heterocycles. The van der Waals surface area contributed by atoms with Gasteiger partial charge in [0.15, 0.2) is 0 Å². The van der Waals surface area contributed by atoms with E-state index < -0.39 is 0 Å². The van der Waals surface area contributed by atoms with Crippen LogP contribution in [-0.2, 0) is 11.3 Å². The fourth-order valence-corrected chi connectivity index (χ4v) is 3.11. The van der Waals surface area contributed by atoms with Crippen molar-refractivity contribution >= 4 is 11.9 Å². The molecule has 0 aliphatic carbocycles. The average molecular weight is 272 g/mol. The van der Waals surface area contributed by atoms with Crippen LogP contribution in [0, 0.1) is 0 Å². The highest BCUT2D eigenvalue weighted by molar-refractivity contribution is 6.04. The SMILES string of the molecule is O=C1C2CCCCCCN2C(=O)N1Cc1ccccc1. The number of hydrogen-bond acceptors (Lipinski definition) is 2. The van der Waals surface area contributed by atoms with E-state index >= 15 is 0 Å². The second-order valence-electron chi connectivity index (χ2n) is 5.60. The normalized spacial score (nSPS) is 23.5. The first-order valence-electron chi connectivity index (χ1n) is 7.43. The summed E-state index contributed by atoms with van der Waals surface area (Å²) < 4.78 is 0. The number of hydrogen-bond donors (Lipinski definition) is 0. The Labute approximate surface area is 119 Å². The quantitative estimate of drug-likeness (QED) is 0.777. The standard InChI is InChI=1S/C16H20N2O2/c19-15-14-10-6-1-2-7-11-17(14)16(20)18(15)12-13-8-4-3-5-9-13/h3-5,8-9,14H,1-2,6-7,10-12H2. The molecule has 3 amide bonds. The summed E-state index contributed by atoms with van der Waals surface area (Å²) in [7, 11) is 0. The van der Waals surface area contributed by atoms with E-state index in [0.717, 1.165) is 37.8 Å². The molecule has 106 valence electrons. The fraction of sp³-hybridized carbons (Fsp3) is 0.500. The molecule has 4 nitrogen and oxygen atoms in total. The number of benzene rings is 1. The topological polar surface area (TPSA) is 40.6 Å². The number of carbonyl (C=O) groups excluding carboxylic acids is 2. The van der Waals surface area contributed by atoms with Crippen molar-refractivity contribution in [3.05, 3.63) is 35.9 Å². The van der Waals surface area contributed by atoms with Gasteiger partial charge in [-0.3, -0.25) is 9.69 Å². The molecule has 20 heavy (non-hydrogen) atoms. The van der Waals surface area contributed by atoms with Crippen LogP contribution in [0.1, 0.15) is 37.7 Å². The van der Waals surface area contributed by atoms with Crippen molar-refractivity contribution in [3.8, 4) is 0 Å². The Morgan fingerprint density at radius 2 is 1.75 bits per heavy atom. The molecule has 0 bridgehead atoms. The van der Waals surface area contributed by atoms with Gasteiger partial charge in [0.1, 0.15) is 6.04 Å². The zero-order valence-electron chi connectivity index (χ0n) is 11.6. The van der Waals surface area contributed by atoms with E-state index in [1.165, 1.54) is 11.3 Å². The van der Waals surface area contributed by atoms with Gasteiger partial charge in [0.05, 0.1) is 6.54 Å². The van der Waals surface area contributed by atoms with Crippen molar-refractivity contribution in [2.75, 3.05) is 6.54 Å². The second kappa shape index (κ2) is 5.65. The molecule has 0 radical (unpaired) electrons. The number of fused-ring (bicyclic) bond motifs is 1. The van der Waals surface area contributed by atoms with Crippen LogP contribution in [0.25, 0.3) is 0 Å². The predicted octanol–water partition coefficient (Wildman–Crippen LogP) is 2.78. The van der Waals surface area contributed by atoms with Crippen molar-refractivity contribution in [1.82, 2.24) is 9.80 Å². The highest BCUT2D eigenvalue weighted by Gasteiger charge is 2.44. The summed E-state index contributed by atoms with van der Waals surface area (Å²) in [5.41, 5.74) is 1.00. The molecule has 1 unspecified atom stereocenters. The Balaban J connectivity index is 1.78. The van der Waals surface area contributed by atoms with Crippen LogP contribution in [-0.4, -0.2) is 34.3 Å². The van der Waals surface area contributed by atoms with Crippen LogP contribution in [0.15, 0.2) is 30.3 Å². The Bertz CT molecular complexity index is 474. The van der Waals surface area contributed by atoms with E-state index in [9.17, 15) is 9.59 Å². The molecule has 1 aromatic carbocycles. The van der Waals surface area contributed by atoms with Gasteiger partial charge in [0.2, 0.25) is 0 Å². The lowest BCUT2D eigenvalue weighted by atomic mass is 10.0. The first-order valence-corrected chi connectivity index (χ1v) is 7.43. The molecular weight excluding hydrogens is 252 g/mol. The van der Waals surface area contributed by atoms with Crippen molar-refractivity contribution < 1.29 is 9.59 Å². The van der Waals surface area contributed by atoms with E-state index in [1.54, 1.807) is 4.90 Å². The lowest BCUT2D eigenvalue weighted by Gasteiger charge is -2.23. The minimum Gasteiger partial charge on any atom is -0.312 e. The number of rotatable bonds is 2. The third-order valence-corrected chi connectivity index (χ3v) is 4.21. The summed E-state index contributed by atoms with van der Waals surface area (Å²) in [6, 6.07) is 9.40. The number of nitrogens with zero attached hydrogens (tertiary/aromatic N) is 2. The maximum atomic E-state index is 12.5. The Morgan fingerprint density at radius 3 is 2.55 bits per heavy atom. The van der Waals surface area contributed by atoms with Crippen molar-refractivity contribution in [3.63, 3.8) is 0 Å². The molecule has 2 aliphatic heterocycles. The van der Waals surface area contributed by atoms with Gasteiger partial charge in [-0.05, 0) is 18.4 Å². The summed E-state index contributed by atoms with van der Waals surface area (Å²) in [5, 5.41) is 0. The maximum absolute atomic E-state index is 12.5. The Hall–Kier alpha value is -1.84. The van der Waals surface area contributed by atoms with E-state index in [2.05, 4.69) is 0 Å². The minimum atomic E-state index is -0.216. The van der Waals surface area contributed by atoms with Crippen LogP contribution in [0.2, 0.25) is 0 Å². The van der Waals surface area contributed by atoms with Gasteiger partial charge in [0.25, 0.3) is 5.91 Å². The third kappa shape index (κ3) is 2.42. The van der Waals surface area contributed by atoms with Gasteiger partial charge in [-0.25, -0.2) is 4.79 Å². The summed E-state index contributed by atoms with van der Waals surface area (Å²) in [5.74, 6) is -0.0132. The molecule has 0 N–H and O–H groups in total. The maximum Gasteiger partial charge on any atom is 0.327 e. The van der Waals surface area contributed by atoms with Gasteiger partial charge < -0.3 is 4.90 Å². The van der Waals surface area contributed by atoms with E-state index in [-0.39, 0.29) is 18.0 Å². The first kappa shape index (κ1) is 13.2. The number of amides is 3. The average Bonchev–Trinajstić information content (AvgIpc) is 2.64. The highest BCUT2D eigenvalue weighted by Crippen LogP contribution is 2.26. The molecular formula is C16H20N2O2. The van der Waals surface area contributed by atoms with Gasteiger partial charge >= 0.3 is 6.03 Å². The molecule has 0 saturated carbocycles. The number of carbonyl (C=O) groups is 2. The van der Waals surface area contributed by atoms with Crippen molar-refractivity contribution in [1.29, 1.82) is 0 Å². The van der Waals surface area contributed by atoms with Crippen LogP contribution < -0.4 is 0 Å². The molecule has 0 spiro atoms. The predicted molar refractivity (Wildman–Crippen MR) is 76.0 cm³/mol. The highest BCUT2D eigenvalue weighted by atomic mass is 16.2. The minimum absolute atomic E-state index is 0.0132. The number of imide groups is 1. The van der Waals surface area contributed by atoms with Crippen LogP contribution in [0.5, 0.6) is 0 Å². The Kier molecular flexibility index (Phi) is 3.72. The zero-order valence-corrected chi connectivity index (χ0v) is 11.6. The monoisotopic (exact) mass is 272 g/mol. The molecule has 1 aromatic rings. The lowest BCUT2D eigenvalue weighted by Crippen LogP contribution is -2.36. The van der Waals surface area contributed by atoms with Crippen molar-refractivity contribution in [2.45, 2.75) is 44.7 Å². The molecule has 2 aliphatic rings. The molecule has 2 fully saturated rings. The van der Waals surface area contributed by atoms with Gasteiger partial charge in [-0.15, -0.1) is 0 Å². The summed E-state index contributed by atoms with van der Waals surface area (Å²) in [6.45, 7) is 1.12. The molecule has 1 atom stereocenters. The smallest absolute Gasteiger partial charge is 0.312 e. The summed E-state index contributed by atoms with van der Waals surface area (Å²) in [4.78, 5) is 28.1. The van der Waals surface area contributed by atoms with Crippen LogP contribution in [0.4, 0.5) is 4.79 Å². The molecule has 3 rings (SSSR count). The van der Waals surface area contributed by atoms with E-state index in [0.29, 0.717) is 6.54 Å². The summed E-state index contributed by atoms with van der Waals surface area (Å²) in [6.07, 6.45) is 5.19. The van der Waals surface area contributed by atoms with Crippen molar-refractivity contribution in [2.24, 2.45) is 0 Å². The first-order chi connectivity index (χ1) is 9.77. The van der Waals surface area contributed by atoms with Gasteiger partial charge in [-0.1, -0.05) is 49.6 Å². The zero-order chi connectivity index (χ0) is 13.9. The number of urea groups is 1. The lowest BCUT2D eigenvalue weighted by molar-refractivity contribution is -0.129. The van der Waals surface area contributed by atoms with Crippen LogP contribution >= 0.6 is 0 Å². The van der Waals surface area contributed by atoms with E-state index in [1.807, 2.05) is 30.3 Å². The third-order valence-electron chi connectivity index (χ3n) is 4.21. The molecule has 2 heterocycles. The van der Waals surface area contributed by atoms with Crippen LogP contribution in [0.3, 0.4) is 0 Å². The van der Waals surface area contributed by atoms with E-state index in [4.69, 9.17) is 0 Å². The molecule has 2 saturated heterocycles. The second-order valence-corrected chi connectivity index (χ2v) is 5.60. The fourth-order valence-electron chi connectivity index (χ4n) is 3.11. The summed E-state index contributed by atoms with van der Waals surface area (Å²) >= 11 is 0. The van der Waals surface area contributed by atoms with Gasteiger partial charge in [0, 0.05) is 6.54 Å². The molecule has 4 heteroatoms. The van der Waals surface area contributed by atoms with Gasteiger partial charge in [-0.2, -0.15) is 0 Å².